The fourth-order valence-corrected chi connectivity index (χ4v) is 2.31. The topological polar surface area (TPSA) is 68.0 Å². The number of hydrogen-bond donors (Lipinski definition) is 2. The molecule has 2 aromatic rings. The van der Waals surface area contributed by atoms with E-state index < -0.39 is 0 Å². The first-order chi connectivity index (χ1) is 9.15. The van der Waals surface area contributed by atoms with Gasteiger partial charge in [0.2, 0.25) is 5.91 Å². The van der Waals surface area contributed by atoms with E-state index in [-0.39, 0.29) is 24.4 Å². The number of amides is 1. The summed E-state index contributed by atoms with van der Waals surface area (Å²) in [5.41, 5.74) is 7.44. The smallest absolute Gasteiger partial charge is 0.224 e. The number of benzene rings is 1. The SMILES string of the molecule is CC(N)CCC(=O)Nc1cccc(-c2nccs2)c1.Cl. The van der Waals surface area contributed by atoms with Gasteiger partial charge in [0, 0.05) is 35.3 Å². The number of thiazole rings is 1. The maximum atomic E-state index is 11.7. The fraction of sp³-hybridized carbons (Fsp3) is 0.286. The Balaban J connectivity index is 0.00000200. The van der Waals surface area contributed by atoms with Crippen molar-refractivity contribution in [2.45, 2.75) is 25.8 Å². The Morgan fingerprint density at radius 2 is 2.30 bits per heavy atom. The standard InChI is InChI=1S/C14H17N3OS.ClH/c1-10(15)5-6-13(18)17-12-4-2-3-11(9-12)14-16-7-8-19-14;/h2-4,7-10H,5-6,15H2,1H3,(H,17,18);1H. The van der Waals surface area contributed by atoms with Crippen molar-refractivity contribution in [3.8, 4) is 10.6 Å². The van der Waals surface area contributed by atoms with E-state index in [4.69, 9.17) is 5.73 Å². The Hall–Kier alpha value is -1.43. The van der Waals surface area contributed by atoms with Crippen LogP contribution in [0.2, 0.25) is 0 Å². The van der Waals surface area contributed by atoms with Crippen LogP contribution in [-0.2, 0) is 4.79 Å². The van der Waals surface area contributed by atoms with Crippen LogP contribution in [0.25, 0.3) is 10.6 Å². The molecule has 1 atom stereocenters. The average Bonchev–Trinajstić information content (AvgIpc) is 2.90. The number of hydrogen-bond acceptors (Lipinski definition) is 4. The van der Waals surface area contributed by atoms with E-state index in [0.29, 0.717) is 12.8 Å². The molecule has 0 saturated carbocycles. The lowest BCUT2D eigenvalue weighted by molar-refractivity contribution is -0.116. The molecule has 0 aliphatic carbocycles. The molecule has 108 valence electrons. The molecule has 0 aliphatic rings. The van der Waals surface area contributed by atoms with Crippen LogP contribution in [0.4, 0.5) is 5.69 Å². The van der Waals surface area contributed by atoms with Crippen molar-refractivity contribution in [2.24, 2.45) is 5.73 Å². The molecule has 1 heterocycles. The van der Waals surface area contributed by atoms with Gasteiger partial charge in [0.05, 0.1) is 0 Å². The van der Waals surface area contributed by atoms with Gasteiger partial charge in [0.1, 0.15) is 5.01 Å². The Kier molecular flexibility index (Phi) is 6.64. The molecule has 4 nitrogen and oxygen atoms in total. The lowest BCUT2D eigenvalue weighted by atomic mass is 10.1. The van der Waals surface area contributed by atoms with Crippen LogP contribution in [0, 0.1) is 0 Å². The van der Waals surface area contributed by atoms with E-state index in [1.807, 2.05) is 36.6 Å². The van der Waals surface area contributed by atoms with Crippen molar-refractivity contribution >= 4 is 35.3 Å². The third kappa shape index (κ3) is 4.92. The van der Waals surface area contributed by atoms with Gasteiger partial charge in [-0.1, -0.05) is 12.1 Å². The van der Waals surface area contributed by atoms with Crippen LogP contribution in [0.15, 0.2) is 35.8 Å². The highest BCUT2D eigenvalue weighted by Crippen LogP contribution is 2.24. The van der Waals surface area contributed by atoms with Crippen molar-refractivity contribution in [3.63, 3.8) is 0 Å². The van der Waals surface area contributed by atoms with Crippen molar-refractivity contribution in [2.75, 3.05) is 5.32 Å². The van der Waals surface area contributed by atoms with Crippen LogP contribution in [0.5, 0.6) is 0 Å². The number of aromatic nitrogens is 1. The number of carbonyl (C=O) groups is 1. The predicted molar refractivity (Wildman–Crippen MR) is 86.3 cm³/mol. The average molecular weight is 312 g/mol. The molecule has 0 fully saturated rings. The minimum Gasteiger partial charge on any atom is -0.328 e. The van der Waals surface area contributed by atoms with Gasteiger partial charge in [-0.3, -0.25) is 4.79 Å². The number of anilines is 1. The highest BCUT2D eigenvalue weighted by molar-refractivity contribution is 7.13. The highest BCUT2D eigenvalue weighted by Gasteiger charge is 2.06. The molecule has 1 aromatic carbocycles. The summed E-state index contributed by atoms with van der Waals surface area (Å²) in [6.45, 7) is 1.90. The van der Waals surface area contributed by atoms with E-state index in [9.17, 15) is 4.79 Å². The molecule has 0 saturated heterocycles. The number of rotatable bonds is 5. The lowest BCUT2D eigenvalue weighted by Crippen LogP contribution is -2.19. The van der Waals surface area contributed by atoms with E-state index in [0.717, 1.165) is 16.3 Å². The largest absolute Gasteiger partial charge is 0.328 e. The van der Waals surface area contributed by atoms with Gasteiger partial charge in [-0.05, 0) is 25.5 Å². The first-order valence-corrected chi connectivity index (χ1v) is 7.08. The van der Waals surface area contributed by atoms with Crippen molar-refractivity contribution < 1.29 is 4.79 Å². The summed E-state index contributed by atoms with van der Waals surface area (Å²) in [4.78, 5) is 16.0. The van der Waals surface area contributed by atoms with Gasteiger partial charge in [-0.25, -0.2) is 4.98 Å². The highest BCUT2D eigenvalue weighted by atomic mass is 35.5. The number of nitrogens with zero attached hydrogens (tertiary/aromatic N) is 1. The van der Waals surface area contributed by atoms with Crippen LogP contribution in [-0.4, -0.2) is 16.9 Å². The third-order valence-corrected chi connectivity index (χ3v) is 3.47. The third-order valence-electron chi connectivity index (χ3n) is 2.65. The van der Waals surface area contributed by atoms with Crippen LogP contribution in [0.3, 0.4) is 0 Å². The second-order valence-corrected chi connectivity index (χ2v) is 5.38. The van der Waals surface area contributed by atoms with Gasteiger partial charge in [-0.15, -0.1) is 23.7 Å². The van der Waals surface area contributed by atoms with Gasteiger partial charge in [-0.2, -0.15) is 0 Å². The number of nitrogens with two attached hydrogens (primary N) is 1. The zero-order chi connectivity index (χ0) is 13.7. The molecule has 1 unspecified atom stereocenters. The van der Waals surface area contributed by atoms with Gasteiger partial charge in [0.15, 0.2) is 0 Å². The summed E-state index contributed by atoms with van der Waals surface area (Å²) in [6.07, 6.45) is 2.91. The van der Waals surface area contributed by atoms with Crippen LogP contribution < -0.4 is 11.1 Å². The molecular weight excluding hydrogens is 294 g/mol. The quantitative estimate of drug-likeness (QED) is 0.890. The molecule has 2 rings (SSSR count). The molecule has 3 N–H and O–H groups in total. The van der Waals surface area contributed by atoms with Crippen molar-refractivity contribution in [1.29, 1.82) is 0 Å². The molecule has 0 spiro atoms. The molecule has 0 radical (unpaired) electrons. The minimum atomic E-state index is -0.00594. The van der Waals surface area contributed by atoms with Crippen molar-refractivity contribution in [1.82, 2.24) is 4.98 Å². The van der Waals surface area contributed by atoms with E-state index in [1.165, 1.54) is 0 Å². The summed E-state index contributed by atoms with van der Waals surface area (Å²) in [6, 6.07) is 7.75. The molecule has 0 aliphatic heterocycles. The fourth-order valence-electron chi connectivity index (χ4n) is 1.68. The second-order valence-electron chi connectivity index (χ2n) is 4.48. The van der Waals surface area contributed by atoms with E-state index >= 15 is 0 Å². The minimum absolute atomic E-state index is 0. The van der Waals surface area contributed by atoms with E-state index in [2.05, 4.69) is 10.3 Å². The zero-order valence-corrected chi connectivity index (χ0v) is 12.8. The zero-order valence-electron chi connectivity index (χ0n) is 11.2. The maximum absolute atomic E-state index is 11.7. The Morgan fingerprint density at radius 1 is 1.50 bits per heavy atom. The lowest BCUT2D eigenvalue weighted by Gasteiger charge is -2.07. The van der Waals surface area contributed by atoms with Gasteiger partial charge >= 0.3 is 0 Å². The first kappa shape index (κ1) is 16.6. The molecule has 20 heavy (non-hydrogen) atoms. The van der Waals surface area contributed by atoms with Crippen LogP contribution >= 0.6 is 23.7 Å². The Morgan fingerprint density at radius 3 is 2.95 bits per heavy atom. The molecule has 0 bridgehead atoms. The maximum Gasteiger partial charge on any atom is 0.224 e. The summed E-state index contributed by atoms with van der Waals surface area (Å²) in [5.74, 6) is -0.00594. The van der Waals surface area contributed by atoms with Gasteiger partial charge < -0.3 is 11.1 Å². The number of carbonyl (C=O) groups excluding carboxylic acids is 1. The molecular formula is C14H18ClN3OS. The monoisotopic (exact) mass is 311 g/mol. The molecule has 6 heteroatoms. The summed E-state index contributed by atoms with van der Waals surface area (Å²) >= 11 is 1.58. The van der Waals surface area contributed by atoms with E-state index in [1.54, 1.807) is 17.5 Å². The summed E-state index contributed by atoms with van der Waals surface area (Å²) < 4.78 is 0. The predicted octanol–water partition coefficient (Wildman–Crippen LogP) is 3.30. The summed E-state index contributed by atoms with van der Waals surface area (Å²) in [5, 5.41) is 5.77. The summed E-state index contributed by atoms with van der Waals surface area (Å²) in [7, 11) is 0. The van der Waals surface area contributed by atoms with Gasteiger partial charge in [0.25, 0.3) is 0 Å². The molecule has 1 amide bonds. The number of halogens is 1. The second kappa shape index (κ2) is 7.99. The number of nitrogens with one attached hydrogen (secondary N) is 1. The Bertz CT molecular complexity index is 543. The Labute approximate surface area is 128 Å². The molecule has 1 aromatic heterocycles. The van der Waals surface area contributed by atoms with Crippen molar-refractivity contribution in [3.05, 3.63) is 35.8 Å². The normalized spacial score (nSPS) is 11.5. The van der Waals surface area contributed by atoms with Crippen LogP contribution in [0.1, 0.15) is 19.8 Å². The first-order valence-electron chi connectivity index (χ1n) is 6.20.